The van der Waals surface area contributed by atoms with Crippen molar-refractivity contribution in [1.29, 1.82) is 0 Å². The van der Waals surface area contributed by atoms with E-state index in [1.165, 1.54) is 23.5 Å². The molecule has 0 radical (unpaired) electrons. The lowest BCUT2D eigenvalue weighted by Gasteiger charge is -2.07. The van der Waals surface area contributed by atoms with E-state index in [-0.39, 0.29) is 0 Å². The Morgan fingerprint density at radius 2 is 2.12 bits per heavy atom. The number of nitrogens with one attached hydrogen (secondary N) is 1. The van der Waals surface area contributed by atoms with Crippen molar-refractivity contribution in [2.45, 2.75) is 37.6 Å². The maximum atomic E-state index is 5.92. The fourth-order valence-electron chi connectivity index (χ4n) is 1.36. The summed E-state index contributed by atoms with van der Waals surface area (Å²) < 4.78 is 0. The Hall–Kier alpha value is -0.180. The molecule has 0 aliphatic carbocycles. The van der Waals surface area contributed by atoms with Gasteiger partial charge >= 0.3 is 0 Å². The molecule has 0 amide bonds. The minimum atomic E-state index is 0.598. The zero-order valence-corrected chi connectivity index (χ0v) is 11.6. The van der Waals surface area contributed by atoms with Gasteiger partial charge in [0.25, 0.3) is 0 Å². The predicted octanol–water partition coefficient (Wildman–Crippen LogP) is 4.21. The molecule has 0 saturated carbocycles. The van der Waals surface area contributed by atoms with Gasteiger partial charge in [0, 0.05) is 16.0 Å². The Labute approximate surface area is 108 Å². The van der Waals surface area contributed by atoms with Gasteiger partial charge in [-0.1, -0.05) is 31.5 Å². The van der Waals surface area contributed by atoms with Crippen LogP contribution in [0.1, 0.15) is 26.7 Å². The average molecular weight is 258 g/mol. The van der Waals surface area contributed by atoms with Crippen LogP contribution in [0.15, 0.2) is 29.2 Å². The van der Waals surface area contributed by atoms with Crippen LogP contribution in [0.4, 0.5) is 0 Å². The zero-order valence-electron chi connectivity index (χ0n) is 10.0. The molecule has 1 aromatic carbocycles. The molecule has 0 spiro atoms. The van der Waals surface area contributed by atoms with Crippen LogP contribution >= 0.6 is 23.4 Å². The molecule has 16 heavy (non-hydrogen) atoms. The van der Waals surface area contributed by atoms with Gasteiger partial charge in [0.05, 0.1) is 0 Å². The summed E-state index contributed by atoms with van der Waals surface area (Å²) in [6.07, 6.45) is 2.49. The van der Waals surface area contributed by atoms with E-state index in [2.05, 4.69) is 25.2 Å². The van der Waals surface area contributed by atoms with Crippen molar-refractivity contribution < 1.29 is 0 Å². The van der Waals surface area contributed by atoms with E-state index in [0.29, 0.717) is 6.04 Å². The van der Waals surface area contributed by atoms with Crippen molar-refractivity contribution in [2.75, 3.05) is 12.3 Å². The molecular formula is C13H20ClNS. The first-order valence-corrected chi connectivity index (χ1v) is 7.16. The Kier molecular flexibility index (Phi) is 6.93. The quantitative estimate of drug-likeness (QED) is 0.580. The second-order valence-corrected chi connectivity index (χ2v) is 5.73. The number of unbranched alkanes of at least 4 members (excludes halogenated alkanes) is 1. The molecule has 0 aromatic heterocycles. The Balaban J connectivity index is 2.07. The molecule has 0 heterocycles. The monoisotopic (exact) mass is 257 g/mol. The summed E-state index contributed by atoms with van der Waals surface area (Å²) in [7, 11) is 0. The molecule has 0 saturated heterocycles. The molecule has 0 aliphatic heterocycles. The number of rotatable bonds is 7. The second kappa shape index (κ2) is 7.99. The maximum Gasteiger partial charge on any atom is 0.0417 e. The first-order valence-electron chi connectivity index (χ1n) is 5.80. The largest absolute Gasteiger partial charge is 0.315 e. The molecule has 0 fully saturated rings. The number of halogens is 1. The van der Waals surface area contributed by atoms with Crippen LogP contribution < -0.4 is 5.32 Å². The normalized spacial score (nSPS) is 11.0. The highest BCUT2D eigenvalue weighted by molar-refractivity contribution is 7.99. The standard InChI is InChI=1S/C13H20ClNS/c1-11(2)15-8-3-4-9-16-13-7-5-6-12(14)10-13/h5-7,10-11,15H,3-4,8-9H2,1-2H3. The highest BCUT2D eigenvalue weighted by Crippen LogP contribution is 2.22. The molecular weight excluding hydrogens is 238 g/mol. The van der Waals surface area contributed by atoms with E-state index in [4.69, 9.17) is 11.6 Å². The van der Waals surface area contributed by atoms with Crippen molar-refractivity contribution in [3.05, 3.63) is 29.3 Å². The lowest BCUT2D eigenvalue weighted by Crippen LogP contribution is -2.23. The smallest absolute Gasteiger partial charge is 0.0417 e. The third-order valence-corrected chi connectivity index (χ3v) is 3.50. The maximum absolute atomic E-state index is 5.92. The number of hydrogen-bond donors (Lipinski definition) is 1. The third-order valence-electron chi connectivity index (χ3n) is 2.19. The topological polar surface area (TPSA) is 12.0 Å². The van der Waals surface area contributed by atoms with E-state index in [1.807, 2.05) is 30.0 Å². The molecule has 1 nitrogen and oxygen atoms in total. The summed E-state index contributed by atoms with van der Waals surface area (Å²) >= 11 is 7.80. The highest BCUT2D eigenvalue weighted by atomic mass is 35.5. The summed E-state index contributed by atoms with van der Waals surface area (Å²) in [6, 6.07) is 8.66. The van der Waals surface area contributed by atoms with Gasteiger partial charge in [-0.15, -0.1) is 11.8 Å². The van der Waals surface area contributed by atoms with Crippen LogP contribution in [0, 0.1) is 0 Å². The Morgan fingerprint density at radius 3 is 2.81 bits per heavy atom. The molecule has 0 bridgehead atoms. The van der Waals surface area contributed by atoms with Gasteiger partial charge in [-0.3, -0.25) is 0 Å². The zero-order chi connectivity index (χ0) is 11.8. The van der Waals surface area contributed by atoms with Gasteiger partial charge in [-0.2, -0.15) is 0 Å². The van der Waals surface area contributed by atoms with Gasteiger partial charge in [-0.25, -0.2) is 0 Å². The molecule has 0 atom stereocenters. The number of hydrogen-bond acceptors (Lipinski definition) is 2. The minimum absolute atomic E-state index is 0.598. The van der Waals surface area contributed by atoms with Crippen LogP contribution in [-0.4, -0.2) is 18.3 Å². The molecule has 90 valence electrons. The molecule has 3 heteroatoms. The molecule has 1 rings (SSSR count). The first kappa shape index (κ1) is 13.9. The van der Waals surface area contributed by atoms with Gasteiger partial charge < -0.3 is 5.32 Å². The molecule has 1 aromatic rings. The van der Waals surface area contributed by atoms with E-state index in [0.717, 1.165) is 11.6 Å². The minimum Gasteiger partial charge on any atom is -0.315 e. The van der Waals surface area contributed by atoms with Crippen LogP contribution in [0.3, 0.4) is 0 Å². The lowest BCUT2D eigenvalue weighted by molar-refractivity contribution is 0.567. The molecule has 0 unspecified atom stereocenters. The van der Waals surface area contributed by atoms with Gasteiger partial charge in [0.15, 0.2) is 0 Å². The van der Waals surface area contributed by atoms with E-state index >= 15 is 0 Å². The number of thioether (sulfide) groups is 1. The fraction of sp³-hybridized carbons (Fsp3) is 0.538. The van der Waals surface area contributed by atoms with E-state index in [1.54, 1.807) is 0 Å². The summed E-state index contributed by atoms with van der Waals surface area (Å²) in [5.41, 5.74) is 0. The first-order chi connectivity index (χ1) is 7.68. The number of benzene rings is 1. The van der Waals surface area contributed by atoms with Crippen LogP contribution in [0.2, 0.25) is 5.02 Å². The van der Waals surface area contributed by atoms with Gasteiger partial charge in [0.1, 0.15) is 0 Å². The van der Waals surface area contributed by atoms with Crippen LogP contribution in [-0.2, 0) is 0 Å². The highest BCUT2D eigenvalue weighted by Gasteiger charge is 1.96. The van der Waals surface area contributed by atoms with Crippen molar-refractivity contribution in [3.8, 4) is 0 Å². The van der Waals surface area contributed by atoms with Crippen LogP contribution in [0.25, 0.3) is 0 Å². The fourth-order valence-corrected chi connectivity index (χ4v) is 2.59. The van der Waals surface area contributed by atoms with Crippen molar-refractivity contribution in [3.63, 3.8) is 0 Å². The van der Waals surface area contributed by atoms with E-state index < -0.39 is 0 Å². The third kappa shape index (κ3) is 6.41. The Bertz CT molecular complexity index is 302. The summed E-state index contributed by atoms with van der Waals surface area (Å²) in [6.45, 7) is 5.48. The summed E-state index contributed by atoms with van der Waals surface area (Å²) in [5.74, 6) is 1.17. The van der Waals surface area contributed by atoms with Crippen molar-refractivity contribution >= 4 is 23.4 Å². The average Bonchev–Trinajstić information content (AvgIpc) is 2.23. The lowest BCUT2D eigenvalue weighted by atomic mass is 10.3. The predicted molar refractivity (Wildman–Crippen MR) is 74.5 cm³/mol. The van der Waals surface area contributed by atoms with Crippen molar-refractivity contribution in [1.82, 2.24) is 5.32 Å². The summed E-state index contributed by atoms with van der Waals surface area (Å²) in [4.78, 5) is 1.27. The Morgan fingerprint density at radius 1 is 1.31 bits per heavy atom. The second-order valence-electron chi connectivity index (χ2n) is 4.12. The SMILES string of the molecule is CC(C)NCCCCSc1cccc(Cl)c1. The van der Waals surface area contributed by atoms with E-state index in [9.17, 15) is 0 Å². The van der Waals surface area contributed by atoms with Gasteiger partial charge in [0.2, 0.25) is 0 Å². The van der Waals surface area contributed by atoms with Crippen LogP contribution in [0.5, 0.6) is 0 Å². The molecule has 0 aliphatic rings. The van der Waals surface area contributed by atoms with Gasteiger partial charge in [-0.05, 0) is 43.3 Å². The molecule has 1 N–H and O–H groups in total. The summed E-state index contributed by atoms with van der Waals surface area (Å²) in [5, 5.41) is 4.25. The van der Waals surface area contributed by atoms with Crippen molar-refractivity contribution in [2.24, 2.45) is 0 Å².